The number of nitrogens with one attached hydrogen (secondary N) is 3. The number of benzene rings is 2. The molecular formula is C38H34F7N9O3S2. The Balaban J connectivity index is 1.19. The Hall–Kier alpha value is -5.31. The summed E-state index contributed by atoms with van der Waals surface area (Å²) in [5.74, 6) is -8.92. The van der Waals surface area contributed by atoms with Gasteiger partial charge in [-0.15, -0.1) is 0 Å². The minimum atomic E-state index is -5.06. The summed E-state index contributed by atoms with van der Waals surface area (Å²) in [4.78, 5) is 23.7. The Kier molecular flexibility index (Phi) is 8.86. The number of fused-ring (bicyclic) bond motifs is 5. The standard InChI is InChI=1S/C38H34F7N9O3S2/c1-36(9-10-36)49-35-48-34-26(58-35)15-23(20-5-4-6-22-30(20)53(2)51-33(22)52-59(3,56)57)29(47-34)25(13-17-11-18(39)14-19(40)12-17)46-27(55)16-54-32-28(31(50-54)38(43,44)45)21-7-8-24(21)37(32,41)42/h4-6,11-12,14-15,21,24-25H,7-10,13,16H2,1-3H3,(H,46,55)(H,51,52)(H,47,48,49)/t21-,24+,25-/m0/s1. The zero-order chi connectivity index (χ0) is 42.0. The molecule has 9 rings (SSSR count). The first kappa shape index (κ1) is 39.2. The maximum absolute atomic E-state index is 15.7. The first-order valence-electron chi connectivity index (χ1n) is 18.5. The third kappa shape index (κ3) is 7.04. The molecular weight excluding hydrogens is 828 g/mol. The number of hydrogen-bond acceptors (Lipinski definition) is 9. The number of anilines is 2. The number of para-hydroxylation sites is 1. The summed E-state index contributed by atoms with van der Waals surface area (Å²) in [5, 5.41) is 15.0. The number of halogens is 7. The Morgan fingerprint density at radius 3 is 2.41 bits per heavy atom. The Bertz CT molecular complexity index is 2810. The summed E-state index contributed by atoms with van der Waals surface area (Å²) in [6.45, 7) is 0.992. The number of alkyl halides is 5. The fourth-order valence-electron chi connectivity index (χ4n) is 8.30. The lowest BCUT2D eigenvalue weighted by Crippen LogP contribution is -2.36. The van der Waals surface area contributed by atoms with Crippen LogP contribution in [0.3, 0.4) is 0 Å². The van der Waals surface area contributed by atoms with Gasteiger partial charge in [0.05, 0.1) is 28.2 Å². The van der Waals surface area contributed by atoms with E-state index in [4.69, 9.17) is 4.98 Å². The Morgan fingerprint density at radius 1 is 1.03 bits per heavy atom. The molecule has 0 radical (unpaired) electrons. The normalized spacial score (nSPS) is 19.6. The lowest BCUT2D eigenvalue weighted by molar-refractivity contribution is -0.144. The average molecular weight is 862 g/mol. The predicted molar refractivity (Wildman–Crippen MR) is 204 cm³/mol. The van der Waals surface area contributed by atoms with Crippen molar-refractivity contribution in [2.24, 2.45) is 13.0 Å². The van der Waals surface area contributed by atoms with E-state index in [-0.39, 0.29) is 47.5 Å². The molecule has 6 aromatic rings. The highest BCUT2D eigenvalue weighted by atomic mass is 32.2. The van der Waals surface area contributed by atoms with Crippen LogP contribution >= 0.6 is 11.3 Å². The number of aromatic nitrogens is 6. The van der Waals surface area contributed by atoms with E-state index >= 15 is 8.78 Å². The van der Waals surface area contributed by atoms with Crippen molar-refractivity contribution >= 4 is 59.5 Å². The van der Waals surface area contributed by atoms with E-state index in [0.29, 0.717) is 42.6 Å². The zero-order valence-corrected chi connectivity index (χ0v) is 33.0. The Morgan fingerprint density at radius 2 is 1.76 bits per heavy atom. The molecule has 3 aliphatic carbocycles. The van der Waals surface area contributed by atoms with Crippen molar-refractivity contribution in [2.45, 2.75) is 75.2 Å². The first-order chi connectivity index (χ1) is 27.7. The van der Waals surface area contributed by atoms with Crippen molar-refractivity contribution in [2.75, 3.05) is 16.3 Å². The van der Waals surface area contributed by atoms with Gasteiger partial charge in [-0.25, -0.2) is 27.2 Å². The molecule has 0 saturated heterocycles. The van der Waals surface area contributed by atoms with Crippen LogP contribution in [0.2, 0.25) is 0 Å². The van der Waals surface area contributed by atoms with Crippen molar-refractivity contribution in [3.63, 3.8) is 0 Å². The van der Waals surface area contributed by atoms with Gasteiger partial charge in [0.2, 0.25) is 15.9 Å². The smallest absolute Gasteiger partial charge is 0.356 e. The van der Waals surface area contributed by atoms with Crippen LogP contribution in [-0.2, 0) is 46.9 Å². The van der Waals surface area contributed by atoms with Gasteiger partial charge in [-0.3, -0.25) is 18.9 Å². The summed E-state index contributed by atoms with van der Waals surface area (Å²) in [5.41, 5.74) is -1.57. The number of rotatable bonds is 11. The van der Waals surface area contributed by atoms with Crippen LogP contribution in [0, 0.1) is 17.6 Å². The number of carbonyl (C=O) groups excluding carboxylic acids is 1. The fraction of sp³-hybridized carbons (Fsp3) is 0.395. The van der Waals surface area contributed by atoms with E-state index in [1.54, 1.807) is 31.3 Å². The molecule has 0 bridgehead atoms. The van der Waals surface area contributed by atoms with Gasteiger partial charge in [-0.2, -0.15) is 32.1 Å². The van der Waals surface area contributed by atoms with E-state index in [0.717, 1.165) is 31.2 Å². The number of amides is 1. The van der Waals surface area contributed by atoms with Crippen molar-refractivity contribution in [1.82, 2.24) is 34.8 Å². The van der Waals surface area contributed by atoms with Crippen LogP contribution in [0.1, 0.15) is 72.8 Å². The van der Waals surface area contributed by atoms with Gasteiger partial charge in [0.15, 0.2) is 22.3 Å². The largest absolute Gasteiger partial charge is 0.435 e. The summed E-state index contributed by atoms with van der Waals surface area (Å²) in [6, 6.07) is 8.18. The van der Waals surface area contributed by atoms with Crippen LogP contribution in [0.4, 0.5) is 41.7 Å². The molecule has 3 N–H and O–H groups in total. The molecule has 59 heavy (non-hydrogen) atoms. The number of hydrogen-bond donors (Lipinski definition) is 3. The molecule has 0 aliphatic heterocycles. The van der Waals surface area contributed by atoms with Crippen LogP contribution in [0.25, 0.3) is 32.4 Å². The molecule has 1 amide bonds. The van der Waals surface area contributed by atoms with Crippen molar-refractivity contribution in [3.05, 3.63) is 82.3 Å². The summed E-state index contributed by atoms with van der Waals surface area (Å²) in [7, 11) is -2.18. The van der Waals surface area contributed by atoms with Crippen LogP contribution in [-0.4, -0.2) is 55.6 Å². The molecule has 21 heteroatoms. The molecule has 4 heterocycles. The van der Waals surface area contributed by atoms with Crippen molar-refractivity contribution in [3.8, 4) is 11.1 Å². The SMILES string of the molecule is Cn1nc(NS(C)(=O)=O)c2cccc(-c3cc4sc(NC5(C)CC5)nc4nc3[C@H](Cc3cc(F)cc(F)c3)NC(=O)Cn3nc(C(F)(F)F)c4c3C(F)(F)[C@@H]3CC[C@H]43)c21. The number of aryl methyl sites for hydroxylation is 1. The molecule has 3 aliphatic rings. The van der Waals surface area contributed by atoms with E-state index in [9.17, 15) is 35.2 Å². The van der Waals surface area contributed by atoms with Gasteiger partial charge in [-0.05, 0) is 74.8 Å². The molecule has 12 nitrogen and oxygen atoms in total. The first-order valence-corrected chi connectivity index (χ1v) is 21.2. The summed E-state index contributed by atoms with van der Waals surface area (Å²) in [6.07, 6.45) is -2.45. The minimum absolute atomic E-state index is 0.0152. The average Bonchev–Trinajstić information content (AvgIpc) is 3.33. The molecule has 2 fully saturated rings. The number of carbonyl (C=O) groups is 1. The van der Waals surface area contributed by atoms with Crippen LogP contribution < -0.4 is 15.4 Å². The van der Waals surface area contributed by atoms with Gasteiger partial charge in [0, 0.05) is 46.6 Å². The van der Waals surface area contributed by atoms with Gasteiger partial charge < -0.3 is 10.6 Å². The Labute approximate surface area is 335 Å². The number of pyridine rings is 1. The second-order valence-electron chi connectivity index (χ2n) is 15.8. The van der Waals surface area contributed by atoms with Crippen molar-refractivity contribution in [1.29, 1.82) is 0 Å². The molecule has 2 aromatic carbocycles. The fourth-order valence-corrected chi connectivity index (χ4v) is 9.80. The van der Waals surface area contributed by atoms with Gasteiger partial charge in [0.1, 0.15) is 23.9 Å². The number of sulfonamides is 1. The lowest BCUT2D eigenvalue weighted by Gasteiger charge is -2.34. The van der Waals surface area contributed by atoms with E-state index < -0.39 is 81.0 Å². The minimum Gasteiger partial charge on any atom is -0.356 e. The van der Waals surface area contributed by atoms with Gasteiger partial charge >= 0.3 is 6.18 Å². The molecule has 3 atom stereocenters. The quantitative estimate of drug-likeness (QED) is 0.112. The highest BCUT2D eigenvalue weighted by Crippen LogP contribution is 2.64. The monoisotopic (exact) mass is 861 g/mol. The van der Waals surface area contributed by atoms with E-state index in [1.807, 2.05) is 6.92 Å². The van der Waals surface area contributed by atoms with Crippen LogP contribution in [0.5, 0.6) is 0 Å². The summed E-state index contributed by atoms with van der Waals surface area (Å²) >= 11 is 1.30. The maximum atomic E-state index is 15.7. The van der Waals surface area contributed by atoms with Gasteiger partial charge in [0.25, 0.3) is 5.92 Å². The second kappa shape index (κ2) is 13.4. The molecule has 4 aromatic heterocycles. The van der Waals surface area contributed by atoms with Gasteiger partial charge in [-0.1, -0.05) is 23.5 Å². The molecule has 0 spiro atoms. The lowest BCUT2D eigenvalue weighted by atomic mass is 9.73. The molecule has 0 unspecified atom stereocenters. The topological polar surface area (TPSA) is 149 Å². The zero-order valence-electron chi connectivity index (χ0n) is 31.4. The number of thiazole rings is 1. The van der Waals surface area contributed by atoms with Crippen molar-refractivity contribution < 1.29 is 43.9 Å². The number of nitrogens with zero attached hydrogens (tertiary/aromatic N) is 6. The summed E-state index contributed by atoms with van der Waals surface area (Å²) < 4.78 is 133. The van der Waals surface area contributed by atoms with E-state index in [1.165, 1.54) is 16.0 Å². The second-order valence-corrected chi connectivity index (χ2v) is 18.6. The third-order valence-electron chi connectivity index (χ3n) is 11.3. The third-order valence-corrected chi connectivity index (χ3v) is 12.7. The molecule has 2 saturated carbocycles. The van der Waals surface area contributed by atoms with E-state index in [2.05, 4.69) is 30.5 Å². The molecule has 310 valence electrons. The highest BCUT2D eigenvalue weighted by Gasteiger charge is 2.63. The maximum Gasteiger partial charge on any atom is 0.435 e. The van der Waals surface area contributed by atoms with Crippen LogP contribution in [0.15, 0.2) is 42.5 Å². The highest BCUT2D eigenvalue weighted by molar-refractivity contribution is 7.92. The predicted octanol–water partition coefficient (Wildman–Crippen LogP) is 7.77.